The molecule has 0 saturated heterocycles. The van der Waals surface area contributed by atoms with Crippen molar-refractivity contribution >= 4 is 11.9 Å². The summed E-state index contributed by atoms with van der Waals surface area (Å²) in [5.41, 5.74) is 0. The Labute approximate surface area is 122 Å². The molecule has 0 amide bonds. The van der Waals surface area contributed by atoms with Gasteiger partial charge in [-0.3, -0.25) is 9.59 Å². The maximum absolute atomic E-state index is 11.5. The molecule has 0 aromatic carbocycles. The molecule has 0 N–H and O–H groups in total. The van der Waals surface area contributed by atoms with Gasteiger partial charge in [0.2, 0.25) is 0 Å². The number of nitrogens with zero attached hydrogens (tertiary/aromatic N) is 4. The monoisotopic (exact) mass is 296 g/mol. The summed E-state index contributed by atoms with van der Waals surface area (Å²) in [7, 11) is 0. The molecule has 2 rings (SSSR count). The van der Waals surface area contributed by atoms with E-state index in [2.05, 4.69) is 20.3 Å². The summed E-state index contributed by atoms with van der Waals surface area (Å²) >= 11 is 0. The zero-order valence-electron chi connectivity index (χ0n) is 12.2. The van der Waals surface area contributed by atoms with Crippen molar-refractivity contribution < 1.29 is 19.1 Å². The first kappa shape index (κ1) is 15.4. The largest absolute Gasteiger partial charge is 0.466 e. The van der Waals surface area contributed by atoms with Gasteiger partial charge in [-0.05, 0) is 30.2 Å². The molecule has 0 radical (unpaired) electrons. The van der Waals surface area contributed by atoms with Crippen LogP contribution in [0.5, 0.6) is 0 Å². The van der Waals surface area contributed by atoms with Crippen molar-refractivity contribution in [3.8, 4) is 0 Å². The van der Waals surface area contributed by atoms with E-state index in [1.165, 1.54) is 6.42 Å². The van der Waals surface area contributed by atoms with Crippen LogP contribution in [0.1, 0.15) is 57.3 Å². The van der Waals surface area contributed by atoms with Gasteiger partial charge in [-0.15, -0.1) is 5.10 Å². The van der Waals surface area contributed by atoms with Gasteiger partial charge < -0.3 is 9.47 Å². The van der Waals surface area contributed by atoms with Gasteiger partial charge in [-0.2, -0.15) is 0 Å². The van der Waals surface area contributed by atoms with Crippen LogP contribution in [0.15, 0.2) is 0 Å². The van der Waals surface area contributed by atoms with Crippen LogP contribution >= 0.6 is 0 Å². The van der Waals surface area contributed by atoms with Gasteiger partial charge in [0.1, 0.15) is 6.42 Å². The smallest absolute Gasteiger partial charge is 0.317 e. The molecular weight excluding hydrogens is 276 g/mol. The minimum absolute atomic E-state index is 0.0261. The van der Waals surface area contributed by atoms with Gasteiger partial charge in [0.05, 0.1) is 12.6 Å². The third kappa shape index (κ3) is 4.51. The predicted molar refractivity (Wildman–Crippen MR) is 71.0 cm³/mol. The van der Waals surface area contributed by atoms with E-state index < -0.39 is 18.4 Å². The normalized spacial score (nSPS) is 15.7. The van der Waals surface area contributed by atoms with Crippen molar-refractivity contribution in [1.82, 2.24) is 20.2 Å². The average Bonchev–Trinajstić information content (AvgIpc) is 2.94. The predicted octanol–water partition coefficient (Wildman–Crippen LogP) is 1.17. The lowest BCUT2D eigenvalue weighted by molar-refractivity contribution is -0.155. The van der Waals surface area contributed by atoms with Gasteiger partial charge in [-0.1, -0.05) is 19.3 Å². The van der Waals surface area contributed by atoms with Gasteiger partial charge >= 0.3 is 11.9 Å². The van der Waals surface area contributed by atoms with Crippen LogP contribution in [0.3, 0.4) is 0 Å². The van der Waals surface area contributed by atoms with Gasteiger partial charge in [0.25, 0.3) is 0 Å². The van der Waals surface area contributed by atoms with E-state index in [-0.39, 0.29) is 19.3 Å². The zero-order valence-corrected chi connectivity index (χ0v) is 12.2. The van der Waals surface area contributed by atoms with Crippen molar-refractivity contribution in [3.05, 3.63) is 5.82 Å². The standard InChI is InChI=1S/C13H20N4O4/c1-2-20-12(18)8-13(19)21-9-11-14-15-16-17(11)10-6-4-3-5-7-10/h10H,2-9H2,1H3. The molecule has 8 heteroatoms. The number of hydrogen-bond donors (Lipinski definition) is 0. The molecule has 8 nitrogen and oxygen atoms in total. The lowest BCUT2D eigenvalue weighted by atomic mass is 9.96. The maximum Gasteiger partial charge on any atom is 0.317 e. The molecule has 1 aliphatic carbocycles. The molecule has 21 heavy (non-hydrogen) atoms. The zero-order chi connectivity index (χ0) is 15.1. The van der Waals surface area contributed by atoms with Crippen molar-refractivity contribution in [1.29, 1.82) is 0 Å². The van der Waals surface area contributed by atoms with Crippen LogP contribution in [0.4, 0.5) is 0 Å². The number of esters is 2. The van der Waals surface area contributed by atoms with Crippen LogP contribution < -0.4 is 0 Å². The number of aromatic nitrogens is 4. The van der Waals surface area contributed by atoms with Crippen molar-refractivity contribution in [2.24, 2.45) is 0 Å². The summed E-state index contributed by atoms with van der Waals surface area (Å²) in [6.45, 7) is 1.90. The van der Waals surface area contributed by atoms with Crippen molar-refractivity contribution in [2.45, 2.75) is 58.1 Å². The summed E-state index contributed by atoms with van der Waals surface area (Å²) in [5.74, 6) is -0.708. The molecule has 0 atom stereocenters. The minimum atomic E-state index is -0.633. The minimum Gasteiger partial charge on any atom is -0.466 e. The molecule has 1 fully saturated rings. The Hall–Kier alpha value is -1.99. The highest BCUT2D eigenvalue weighted by atomic mass is 16.6. The Morgan fingerprint density at radius 2 is 1.90 bits per heavy atom. The van der Waals surface area contributed by atoms with Crippen LogP contribution in [0.25, 0.3) is 0 Å². The number of rotatable bonds is 6. The molecule has 116 valence electrons. The van der Waals surface area contributed by atoms with Crippen molar-refractivity contribution in [3.63, 3.8) is 0 Å². The maximum atomic E-state index is 11.5. The molecular formula is C13H20N4O4. The summed E-state index contributed by atoms with van der Waals surface area (Å²) < 4.78 is 11.4. The molecule has 1 saturated carbocycles. The number of hydrogen-bond acceptors (Lipinski definition) is 7. The second-order valence-corrected chi connectivity index (χ2v) is 4.97. The molecule has 0 bridgehead atoms. The lowest BCUT2D eigenvalue weighted by Gasteiger charge is -2.22. The fourth-order valence-corrected chi connectivity index (χ4v) is 2.44. The Kier molecular flexibility index (Phi) is 5.65. The van der Waals surface area contributed by atoms with E-state index in [4.69, 9.17) is 4.74 Å². The number of carbonyl (C=O) groups is 2. The molecule has 1 aliphatic rings. The van der Waals surface area contributed by atoms with Crippen LogP contribution in [-0.2, 0) is 25.7 Å². The first-order valence-electron chi connectivity index (χ1n) is 7.28. The average molecular weight is 296 g/mol. The van der Waals surface area contributed by atoms with E-state index in [0.29, 0.717) is 5.82 Å². The van der Waals surface area contributed by atoms with E-state index in [9.17, 15) is 9.59 Å². The second kappa shape index (κ2) is 7.70. The summed E-state index contributed by atoms with van der Waals surface area (Å²) in [4.78, 5) is 22.7. The first-order valence-corrected chi connectivity index (χ1v) is 7.28. The van der Waals surface area contributed by atoms with E-state index in [0.717, 1.165) is 25.7 Å². The quantitative estimate of drug-likeness (QED) is 0.574. The Balaban J connectivity index is 1.84. The molecule has 0 spiro atoms. The molecule has 1 aromatic heterocycles. The van der Waals surface area contributed by atoms with Crippen LogP contribution in [0.2, 0.25) is 0 Å². The SMILES string of the molecule is CCOC(=O)CC(=O)OCc1nnnn1C1CCCCC1. The van der Waals surface area contributed by atoms with Gasteiger partial charge in [-0.25, -0.2) is 4.68 Å². The summed E-state index contributed by atoms with van der Waals surface area (Å²) in [6, 6.07) is 0.271. The first-order chi connectivity index (χ1) is 10.2. The Morgan fingerprint density at radius 1 is 1.19 bits per heavy atom. The Morgan fingerprint density at radius 3 is 2.62 bits per heavy atom. The molecule has 1 heterocycles. The summed E-state index contributed by atoms with van der Waals surface area (Å²) in [5, 5.41) is 11.5. The Bertz CT molecular complexity index is 482. The highest BCUT2D eigenvalue weighted by Gasteiger charge is 2.21. The van der Waals surface area contributed by atoms with Crippen LogP contribution in [-0.4, -0.2) is 38.8 Å². The fraction of sp³-hybridized carbons (Fsp3) is 0.769. The lowest BCUT2D eigenvalue weighted by Crippen LogP contribution is -2.19. The molecule has 1 aromatic rings. The van der Waals surface area contributed by atoms with Gasteiger partial charge in [0, 0.05) is 0 Å². The fourth-order valence-electron chi connectivity index (χ4n) is 2.44. The number of ether oxygens (including phenoxy) is 2. The van der Waals surface area contributed by atoms with E-state index in [1.807, 2.05) is 0 Å². The van der Waals surface area contributed by atoms with E-state index in [1.54, 1.807) is 11.6 Å². The molecule has 0 unspecified atom stereocenters. The highest BCUT2D eigenvalue weighted by molar-refractivity contribution is 5.91. The number of carbonyl (C=O) groups excluding carboxylic acids is 2. The highest BCUT2D eigenvalue weighted by Crippen LogP contribution is 2.27. The third-order valence-electron chi connectivity index (χ3n) is 3.44. The van der Waals surface area contributed by atoms with Gasteiger partial charge in [0.15, 0.2) is 12.4 Å². The number of tetrazole rings is 1. The second-order valence-electron chi connectivity index (χ2n) is 4.97. The molecule has 0 aliphatic heterocycles. The topological polar surface area (TPSA) is 96.2 Å². The third-order valence-corrected chi connectivity index (χ3v) is 3.44. The van der Waals surface area contributed by atoms with E-state index >= 15 is 0 Å². The summed E-state index contributed by atoms with van der Waals surface area (Å²) in [6.07, 6.45) is 5.24. The van der Waals surface area contributed by atoms with Crippen LogP contribution in [0, 0.1) is 0 Å². The van der Waals surface area contributed by atoms with Crippen molar-refractivity contribution in [2.75, 3.05) is 6.61 Å².